The fourth-order valence-corrected chi connectivity index (χ4v) is 1.88. The molecule has 0 aromatic heterocycles. The number of nitrogens with zero attached hydrogens (tertiary/aromatic N) is 1. The number of ether oxygens (including phenoxy) is 1. The molecular formula is C8H15N3O. The lowest BCUT2D eigenvalue weighted by molar-refractivity contribution is 0.139. The molecule has 4 nitrogen and oxygen atoms in total. The predicted molar refractivity (Wildman–Crippen MR) is 47.0 cm³/mol. The zero-order chi connectivity index (χ0) is 8.44. The molecule has 2 aliphatic rings. The average Bonchev–Trinajstić information content (AvgIpc) is 2.30. The summed E-state index contributed by atoms with van der Waals surface area (Å²) in [6.45, 7) is 2.53. The van der Waals surface area contributed by atoms with Crippen molar-refractivity contribution in [1.82, 2.24) is 5.32 Å². The van der Waals surface area contributed by atoms with E-state index in [4.69, 9.17) is 10.5 Å². The van der Waals surface area contributed by atoms with Gasteiger partial charge in [-0.25, -0.2) is 0 Å². The van der Waals surface area contributed by atoms with Crippen LogP contribution in [0.25, 0.3) is 0 Å². The van der Waals surface area contributed by atoms with Gasteiger partial charge in [0.2, 0.25) is 0 Å². The van der Waals surface area contributed by atoms with Crippen LogP contribution in [-0.2, 0) is 4.74 Å². The zero-order valence-corrected chi connectivity index (χ0v) is 7.18. The van der Waals surface area contributed by atoms with Crippen LogP contribution in [0, 0.1) is 0 Å². The number of guanidine groups is 1. The van der Waals surface area contributed by atoms with Crippen LogP contribution in [0.4, 0.5) is 0 Å². The van der Waals surface area contributed by atoms with E-state index in [-0.39, 0.29) is 5.54 Å². The number of nitrogens with two attached hydrogens (primary N) is 1. The molecular weight excluding hydrogens is 154 g/mol. The van der Waals surface area contributed by atoms with Gasteiger partial charge in [-0.05, 0) is 19.3 Å². The molecule has 0 radical (unpaired) electrons. The van der Waals surface area contributed by atoms with E-state index < -0.39 is 0 Å². The molecule has 2 aliphatic heterocycles. The first-order valence-electron chi connectivity index (χ1n) is 4.47. The summed E-state index contributed by atoms with van der Waals surface area (Å²) in [5.41, 5.74) is 5.71. The van der Waals surface area contributed by atoms with Crippen molar-refractivity contribution in [3.63, 3.8) is 0 Å². The first-order chi connectivity index (χ1) is 5.81. The van der Waals surface area contributed by atoms with E-state index in [2.05, 4.69) is 10.3 Å². The first-order valence-corrected chi connectivity index (χ1v) is 4.47. The summed E-state index contributed by atoms with van der Waals surface area (Å²) in [5, 5.41) is 3.26. The van der Waals surface area contributed by atoms with Crippen LogP contribution in [0.1, 0.15) is 19.3 Å². The Morgan fingerprint density at radius 3 is 3.08 bits per heavy atom. The van der Waals surface area contributed by atoms with Gasteiger partial charge in [0.25, 0.3) is 0 Å². The molecule has 0 bridgehead atoms. The second kappa shape index (κ2) is 2.94. The number of hydrogen-bond acceptors (Lipinski definition) is 4. The molecule has 2 heterocycles. The Labute approximate surface area is 72.2 Å². The highest BCUT2D eigenvalue weighted by atomic mass is 16.5. The topological polar surface area (TPSA) is 59.6 Å². The molecule has 0 aromatic carbocycles. The summed E-state index contributed by atoms with van der Waals surface area (Å²) in [6, 6.07) is 0. The van der Waals surface area contributed by atoms with Crippen LogP contribution in [0.15, 0.2) is 4.99 Å². The van der Waals surface area contributed by atoms with Crippen LogP contribution in [0.2, 0.25) is 0 Å². The molecule has 0 aliphatic carbocycles. The van der Waals surface area contributed by atoms with Gasteiger partial charge >= 0.3 is 0 Å². The Morgan fingerprint density at radius 2 is 2.33 bits per heavy atom. The minimum Gasteiger partial charge on any atom is -0.381 e. The van der Waals surface area contributed by atoms with E-state index in [9.17, 15) is 0 Å². The normalized spacial score (nSPS) is 35.8. The third-order valence-corrected chi connectivity index (χ3v) is 2.61. The molecule has 1 atom stereocenters. The van der Waals surface area contributed by atoms with Crippen LogP contribution in [-0.4, -0.2) is 31.3 Å². The molecule has 0 aromatic rings. The fraction of sp³-hybridized carbons (Fsp3) is 0.875. The maximum Gasteiger partial charge on any atom is 0.189 e. The van der Waals surface area contributed by atoms with Crippen molar-refractivity contribution >= 4 is 5.96 Å². The molecule has 2 rings (SSSR count). The molecule has 0 amide bonds. The molecule has 12 heavy (non-hydrogen) atoms. The minimum atomic E-state index is 0.126. The Hall–Kier alpha value is -0.770. The highest BCUT2D eigenvalue weighted by Gasteiger charge is 2.34. The summed E-state index contributed by atoms with van der Waals surface area (Å²) < 4.78 is 5.38. The molecule has 1 unspecified atom stereocenters. The van der Waals surface area contributed by atoms with Crippen molar-refractivity contribution in [2.24, 2.45) is 10.7 Å². The molecule has 1 spiro atoms. The highest BCUT2D eigenvalue weighted by molar-refractivity contribution is 5.80. The molecule has 1 saturated heterocycles. The Kier molecular flexibility index (Phi) is 1.92. The maximum absolute atomic E-state index is 5.59. The van der Waals surface area contributed by atoms with E-state index in [1.165, 1.54) is 0 Å². The molecule has 1 fully saturated rings. The van der Waals surface area contributed by atoms with Crippen molar-refractivity contribution in [1.29, 1.82) is 0 Å². The van der Waals surface area contributed by atoms with E-state index in [0.29, 0.717) is 5.96 Å². The van der Waals surface area contributed by atoms with Gasteiger partial charge in [-0.3, -0.25) is 4.99 Å². The third kappa shape index (κ3) is 1.39. The van der Waals surface area contributed by atoms with Crippen molar-refractivity contribution < 1.29 is 4.74 Å². The standard InChI is InChI=1S/C8H15N3O/c9-7-10-6-8(11-7)2-1-4-12-5-3-8/h1-6H2,(H3,9,10,11). The van der Waals surface area contributed by atoms with E-state index >= 15 is 0 Å². The lowest BCUT2D eigenvalue weighted by Gasteiger charge is -2.26. The summed E-state index contributed by atoms with van der Waals surface area (Å²) >= 11 is 0. The predicted octanol–water partition coefficient (Wildman–Crippen LogP) is -0.156. The average molecular weight is 169 g/mol. The first kappa shape index (κ1) is 7.86. The van der Waals surface area contributed by atoms with E-state index in [0.717, 1.165) is 39.0 Å². The van der Waals surface area contributed by atoms with Gasteiger partial charge in [0.15, 0.2) is 5.96 Å². The lowest BCUT2D eigenvalue weighted by atomic mass is 9.92. The second-order valence-electron chi connectivity index (χ2n) is 3.57. The summed E-state index contributed by atoms with van der Waals surface area (Å²) in [6.07, 6.45) is 3.25. The smallest absolute Gasteiger partial charge is 0.189 e. The Balaban J connectivity index is 2.01. The SMILES string of the molecule is NC1=NCC2(CCCOCC2)N1. The van der Waals surface area contributed by atoms with Crippen molar-refractivity contribution in [2.45, 2.75) is 24.8 Å². The van der Waals surface area contributed by atoms with Crippen LogP contribution in [0.3, 0.4) is 0 Å². The Bertz CT molecular complexity index is 194. The van der Waals surface area contributed by atoms with Crippen LogP contribution < -0.4 is 11.1 Å². The van der Waals surface area contributed by atoms with Gasteiger partial charge in [-0.15, -0.1) is 0 Å². The van der Waals surface area contributed by atoms with Crippen LogP contribution >= 0.6 is 0 Å². The summed E-state index contributed by atoms with van der Waals surface area (Å²) in [4.78, 5) is 4.18. The third-order valence-electron chi connectivity index (χ3n) is 2.61. The number of nitrogens with one attached hydrogen (secondary N) is 1. The van der Waals surface area contributed by atoms with Gasteiger partial charge in [0, 0.05) is 13.2 Å². The van der Waals surface area contributed by atoms with Crippen molar-refractivity contribution in [2.75, 3.05) is 19.8 Å². The maximum atomic E-state index is 5.59. The van der Waals surface area contributed by atoms with E-state index in [1.54, 1.807) is 0 Å². The fourth-order valence-electron chi connectivity index (χ4n) is 1.88. The minimum absolute atomic E-state index is 0.126. The van der Waals surface area contributed by atoms with E-state index in [1.807, 2.05) is 0 Å². The van der Waals surface area contributed by atoms with Gasteiger partial charge in [-0.2, -0.15) is 0 Å². The molecule has 68 valence electrons. The van der Waals surface area contributed by atoms with Gasteiger partial charge in [-0.1, -0.05) is 0 Å². The Morgan fingerprint density at radius 1 is 1.42 bits per heavy atom. The van der Waals surface area contributed by atoms with Crippen molar-refractivity contribution in [3.8, 4) is 0 Å². The number of aliphatic imine (C=N–C) groups is 1. The monoisotopic (exact) mass is 169 g/mol. The zero-order valence-electron chi connectivity index (χ0n) is 7.18. The number of hydrogen-bond donors (Lipinski definition) is 2. The number of rotatable bonds is 0. The molecule has 4 heteroatoms. The molecule has 3 N–H and O–H groups in total. The molecule has 0 saturated carbocycles. The second-order valence-corrected chi connectivity index (χ2v) is 3.57. The summed E-state index contributed by atoms with van der Waals surface area (Å²) in [7, 11) is 0. The highest BCUT2D eigenvalue weighted by Crippen LogP contribution is 2.24. The quantitative estimate of drug-likeness (QED) is 0.530. The van der Waals surface area contributed by atoms with Crippen LogP contribution in [0.5, 0.6) is 0 Å². The van der Waals surface area contributed by atoms with Gasteiger partial charge < -0.3 is 15.8 Å². The van der Waals surface area contributed by atoms with Crippen molar-refractivity contribution in [3.05, 3.63) is 0 Å². The largest absolute Gasteiger partial charge is 0.381 e. The van der Waals surface area contributed by atoms with Gasteiger partial charge in [0.05, 0.1) is 12.1 Å². The summed E-state index contributed by atoms with van der Waals surface area (Å²) in [5.74, 6) is 0.594. The lowest BCUT2D eigenvalue weighted by Crippen LogP contribution is -2.48. The van der Waals surface area contributed by atoms with Gasteiger partial charge in [0.1, 0.15) is 0 Å².